The number of hydrogen-bond donors (Lipinski definition) is 2. The molecule has 0 bridgehead atoms. The van der Waals surface area contributed by atoms with Crippen molar-refractivity contribution in [3.63, 3.8) is 0 Å². The van der Waals surface area contributed by atoms with Crippen molar-refractivity contribution in [3.8, 4) is 11.4 Å². The molecular weight excluding hydrogens is 365 g/mol. The van der Waals surface area contributed by atoms with Crippen LogP contribution in [-0.2, 0) is 11.2 Å². The highest BCUT2D eigenvalue weighted by atomic mass is 32.2. The van der Waals surface area contributed by atoms with E-state index in [1.807, 2.05) is 32.0 Å². The van der Waals surface area contributed by atoms with Gasteiger partial charge < -0.3 is 11.2 Å². The van der Waals surface area contributed by atoms with Gasteiger partial charge in [-0.25, -0.2) is 9.07 Å². The van der Waals surface area contributed by atoms with Gasteiger partial charge in [-0.05, 0) is 36.6 Å². The lowest BCUT2D eigenvalue weighted by Crippen LogP contribution is -2.18. The number of halogens is 1. The molecule has 8 heteroatoms. The standard InChI is InChI=1S/C19H20FN5OS/c1-3-13-7-4-6-12(2)17(13)22-16(26)11-27-19-24-23-18(25(19)21)14-8-5-9-15(20)10-14/h4-10H,3,11,21H2,1-2H3,(H,22,26). The normalized spacial score (nSPS) is 10.8. The quantitative estimate of drug-likeness (QED) is 0.502. The van der Waals surface area contributed by atoms with Crippen LogP contribution < -0.4 is 11.2 Å². The van der Waals surface area contributed by atoms with Gasteiger partial charge in [0.05, 0.1) is 5.75 Å². The second-order valence-electron chi connectivity index (χ2n) is 5.99. The molecule has 1 amide bonds. The highest BCUT2D eigenvalue weighted by Crippen LogP contribution is 2.24. The van der Waals surface area contributed by atoms with E-state index in [0.717, 1.165) is 23.2 Å². The van der Waals surface area contributed by atoms with E-state index in [-0.39, 0.29) is 17.5 Å². The van der Waals surface area contributed by atoms with Crippen molar-refractivity contribution in [2.75, 3.05) is 16.9 Å². The number of nitrogens with two attached hydrogens (primary N) is 1. The third-order valence-corrected chi connectivity index (χ3v) is 5.03. The summed E-state index contributed by atoms with van der Waals surface area (Å²) in [6.07, 6.45) is 0.832. The lowest BCUT2D eigenvalue weighted by Gasteiger charge is -2.12. The second-order valence-corrected chi connectivity index (χ2v) is 6.93. The molecule has 2 aromatic carbocycles. The molecule has 0 fully saturated rings. The lowest BCUT2D eigenvalue weighted by atomic mass is 10.1. The zero-order valence-corrected chi connectivity index (χ0v) is 15.9. The largest absolute Gasteiger partial charge is 0.335 e. The first-order valence-corrected chi connectivity index (χ1v) is 9.45. The molecule has 0 radical (unpaired) electrons. The monoisotopic (exact) mass is 385 g/mol. The molecule has 0 aliphatic carbocycles. The average molecular weight is 385 g/mol. The van der Waals surface area contributed by atoms with Gasteiger partial charge in [-0.3, -0.25) is 4.79 Å². The number of amides is 1. The number of carbonyl (C=O) groups is 1. The zero-order chi connectivity index (χ0) is 19.4. The van der Waals surface area contributed by atoms with Crippen molar-refractivity contribution in [2.45, 2.75) is 25.4 Å². The molecule has 0 atom stereocenters. The van der Waals surface area contributed by atoms with Gasteiger partial charge in [0, 0.05) is 11.3 Å². The van der Waals surface area contributed by atoms with Crippen LogP contribution in [0.1, 0.15) is 18.1 Å². The van der Waals surface area contributed by atoms with Crippen LogP contribution in [0.25, 0.3) is 11.4 Å². The SMILES string of the molecule is CCc1cccc(C)c1NC(=O)CSc1nnc(-c2cccc(F)c2)n1N. The first-order valence-electron chi connectivity index (χ1n) is 8.47. The Balaban J connectivity index is 1.68. The van der Waals surface area contributed by atoms with E-state index in [4.69, 9.17) is 5.84 Å². The maximum absolute atomic E-state index is 13.4. The van der Waals surface area contributed by atoms with Crippen LogP contribution in [0.5, 0.6) is 0 Å². The fraction of sp³-hybridized carbons (Fsp3) is 0.211. The predicted molar refractivity (Wildman–Crippen MR) is 105 cm³/mol. The summed E-state index contributed by atoms with van der Waals surface area (Å²) in [7, 11) is 0. The molecule has 0 spiro atoms. The first kappa shape index (κ1) is 18.9. The van der Waals surface area contributed by atoms with Crippen LogP contribution in [0.2, 0.25) is 0 Å². The number of rotatable bonds is 6. The number of para-hydroxylation sites is 1. The maximum atomic E-state index is 13.4. The van der Waals surface area contributed by atoms with Gasteiger partial charge in [-0.15, -0.1) is 10.2 Å². The molecule has 3 rings (SSSR count). The van der Waals surface area contributed by atoms with Gasteiger partial charge in [0.2, 0.25) is 11.1 Å². The number of nitrogens with zero attached hydrogens (tertiary/aromatic N) is 3. The van der Waals surface area contributed by atoms with E-state index < -0.39 is 0 Å². The van der Waals surface area contributed by atoms with Crippen LogP contribution in [0.3, 0.4) is 0 Å². The van der Waals surface area contributed by atoms with E-state index in [9.17, 15) is 9.18 Å². The van der Waals surface area contributed by atoms with Crippen LogP contribution in [0.4, 0.5) is 10.1 Å². The van der Waals surface area contributed by atoms with E-state index in [0.29, 0.717) is 16.5 Å². The van der Waals surface area contributed by atoms with Gasteiger partial charge in [0.15, 0.2) is 5.82 Å². The van der Waals surface area contributed by atoms with E-state index >= 15 is 0 Å². The first-order chi connectivity index (χ1) is 13.0. The molecule has 0 saturated carbocycles. The van der Waals surface area contributed by atoms with Gasteiger partial charge in [-0.2, -0.15) is 0 Å². The Labute approximate surface area is 161 Å². The molecule has 1 aromatic heterocycles. The van der Waals surface area contributed by atoms with Crippen molar-refractivity contribution in [1.82, 2.24) is 14.9 Å². The van der Waals surface area contributed by atoms with E-state index in [1.165, 1.54) is 28.6 Å². The van der Waals surface area contributed by atoms with Crippen molar-refractivity contribution < 1.29 is 9.18 Å². The Morgan fingerprint density at radius 1 is 1.26 bits per heavy atom. The minimum absolute atomic E-state index is 0.135. The number of carbonyl (C=O) groups excluding carboxylic acids is 1. The third-order valence-electron chi connectivity index (χ3n) is 4.08. The number of aryl methyl sites for hydroxylation is 2. The summed E-state index contributed by atoms with van der Waals surface area (Å²) in [4.78, 5) is 12.4. The summed E-state index contributed by atoms with van der Waals surface area (Å²) in [5.74, 6) is 5.95. The van der Waals surface area contributed by atoms with Crippen LogP contribution >= 0.6 is 11.8 Å². The molecule has 0 unspecified atom stereocenters. The molecule has 27 heavy (non-hydrogen) atoms. The molecule has 1 heterocycles. The number of nitrogens with one attached hydrogen (secondary N) is 1. The highest BCUT2D eigenvalue weighted by molar-refractivity contribution is 7.99. The molecular formula is C19H20FN5OS. The Hall–Kier alpha value is -2.87. The summed E-state index contributed by atoms with van der Waals surface area (Å²) < 4.78 is 14.7. The summed E-state index contributed by atoms with van der Waals surface area (Å²) in [5.41, 5.74) is 3.47. The molecule has 3 N–H and O–H groups in total. The van der Waals surface area contributed by atoms with E-state index in [2.05, 4.69) is 15.5 Å². The van der Waals surface area contributed by atoms with E-state index in [1.54, 1.807) is 12.1 Å². The summed E-state index contributed by atoms with van der Waals surface area (Å²) in [6.45, 7) is 4.01. The van der Waals surface area contributed by atoms with Gasteiger partial charge in [0.25, 0.3) is 0 Å². The summed E-state index contributed by atoms with van der Waals surface area (Å²) in [5, 5.41) is 11.3. The number of anilines is 1. The molecule has 0 aliphatic heterocycles. The van der Waals surface area contributed by atoms with Crippen molar-refractivity contribution >= 4 is 23.4 Å². The van der Waals surface area contributed by atoms with Crippen LogP contribution in [0.15, 0.2) is 47.6 Å². The van der Waals surface area contributed by atoms with Crippen LogP contribution in [0, 0.1) is 12.7 Å². The van der Waals surface area contributed by atoms with Crippen LogP contribution in [-0.4, -0.2) is 26.5 Å². The number of nitrogen functional groups attached to an aromatic ring is 1. The minimum atomic E-state index is -0.381. The Bertz CT molecular complexity index is 972. The average Bonchev–Trinajstić information content (AvgIpc) is 3.02. The number of aromatic nitrogens is 3. The number of benzene rings is 2. The Morgan fingerprint density at radius 2 is 2.04 bits per heavy atom. The Kier molecular flexibility index (Phi) is 5.75. The van der Waals surface area contributed by atoms with Crippen molar-refractivity contribution in [2.24, 2.45) is 0 Å². The number of hydrogen-bond acceptors (Lipinski definition) is 5. The van der Waals surface area contributed by atoms with Crippen molar-refractivity contribution in [1.29, 1.82) is 0 Å². The maximum Gasteiger partial charge on any atom is 0.234 e. The van der Waals surface area contributed by atoms with Gasteiger partial charge in [0.1, 0.15) is 5.82 Å². The lowest BCUT2D eigenvalue weighted by molar-refractivity contribution is -0.113. The van der Waals surface area contributed by atoms with Gasteiger partial charge in [-0.1, -0.05) is 49.0 Å². The topological polar surface area (TPSA) is 85.8 Å². The smallest absolute Gasteiger partial charge is 0.234 e. The third kappa shape index (κ3) is 4.28. The fourth-order valence-corrected chi connectivity index (χ4v) is 3.36. The summed E-state index contributed by atoms with van der Waals surface area (Å²) in [6, 6.07) is 11.9. The number of thioether (sulfide) groups is 1. The molecule has 140 valence electrons. The van der Waals surface area contributed by atoms with Gasteiger partial charge >= 0.3 is 0 Å². The Morgan fingerprint density at radius 3 is 2.78 bits per heavy atom. The molecule has 3 aromatic rings. The predicted octanol–water partition coefficient (Wildman–Crippen LogP) is 3.40. The molecule has 0 saturated heterocycles. The highest BCUT2D eigenvalue weighted by Gasteiger charge is 2.15. The van der Waals surface area contributed by atoms with Crippen molar-refractivity contribution in [3.05, 3.63) is 59.4 Å². The molecule has 0 aliphatic rings. The summed E-state index contributed by atoms with van der Waals surface area (Å²) >= 11 is 1.17. The minimum Gasteiger partial charge on any atom is -0.335 e. The second kappa shape index (κ2) is 8.22. The zero-order valence-electron chi connectivity index (χ0n) is 15.1. The molecule has 6 nitrogen and oxygen atoms in total. The fourth-order valence-electron chi connectivity index (χ4n) is 2.71.